The van der Waals surface area contributed by atoms with Crippen LogP contribution in [0.5, 0.6) is 0 Å². The van der Waals surface area contributed by atoms with Gasteiger partial charge in [0.2, 0.25) is 0 Å². The third kappa shape index (κ3) is 3.97. The van der Waals surface area contributed by atoms with Crippen molar-refractivity contribution in [1.82, 2.24) is 4.90 Å². The second-order valence-electron chi connectivity index (χ2n) is 6.26. The number of benzene rings is 2. The number of esters is 1. The minimum Gasteiger partial charge on any atom is -0.465 e. The monoisotopic (exact) mass is 365 g/mol. The van der Waals surface area contributed by atoms with Gasteiger partial charge in [-0.05, 0) is 42.7 Å². The second-order valence-corrected chi connectivity index (χ2v) is 6.26. The van der Waals surface area contributed by atoms with Crippen LogP contribution >= 0.6 is 0 Å². The molecule has 1 aliphatic heterocycles. The van der Waals surface area contributed by atoms with Gasteiger partial charge in [0.25, 0.3) is 5.91 Å². The van der Waals surface area contributed by atoms with Crippen molar-refractivity contribution in [3.05, 3.63) is 88.4 Å². The quantitative estimate of drug-likeness (QED) is 0.599. The number of ether oxygens (including phenoxy) is 1. The molecule has 0 bridgehead atoms. The summed E-state index contributed by atoms with van der Waals surface area (Å²) in [5.74, 6) is -1.27. The highest BCUT2D eigenvalue weighted by molar-refractivity contribution is 6.16. The van der Waals surface area contributed by atoms with Crippen LogP contribution in [-0.4, -0.2) is 30.4 Å². The number of nitrogens with zero attached hydrogens (tertiary/aromatic N) is 1. The Hall–Kier alpha value is -3.21. The SMILES string of the molecule is COC(=O)C1=C(C)N(CCc2ccccc2)C(=O)/C1=C\c1cccc(F)c1. The fraction of sp³-hybridized carbons (Fsp3) is 0.182. The molecule has 0 radical (unpaired) electrons. The van der Waals surface area contributed by atoms with Crippen LogP contribution in [0, 0.1) is 5.82 Å². The Morgan fingerprint density at radius 3 is 2.56 bits per heavy atom. The van der Waals surface area contributed by atoms with Crippen LogP contribution in [-0.2, 0) is 20.7 Å². The van der Waals surface area contributed by atoms with Gasteiger partial charge in [-0.1, -0.05) is 42.5 Å². The molecule has 0 aliphatic carbocycles. The molecule has 27 heavy (non-hydrogen) atoms. The summed E-state index contributed by atoms with van der Waals surface area (Å²) in [5.41, 5.74) is 2.60. The molecule has 1 amide bonds. The van der Waals surface area contributed by atoms with Gasteiger partial charge in [-0.15, -0.1) is 0 Å². The molecule has 3 rings (SSSR count). The van der Waals surface area contributed by atoms with Crippen molar-refractivity contribution in [3.8, 4) is 0 Å². The fourth-order valence-corrected chi connectivity index (χ4v) is 3.15. The molecule has 0 saturated carbocycles. The number of halogens is 1. The van der Waals surface area contributed by atoms with Crippen molar-refractivity contribution >= 4 is 18.0 Å². The number of hydrogen-bond acceptors (Lipinski definition) is 3. The predicted octanol–water partition coefficient (Wildman–Crippen LogP) is 3.74. The number of rotatable bonds is 5. The summed E-state index contributed by atoms with van der Waals surface area (Å²) in [7, 11) is 1.28. The van der Waals surface area contributed by atoms with Crippen molar-refractivity contribution < 1.29 is 18.7 Å². The van der Waals surface area contributed by atoms with E-state index < -0.39 is 11.8 Å². The van der Waals surface area contributed by atoms with Gasteiger partial charge in [-0.3, -0.25) is 4.79 Å². The Labute approximate surface area is 157 Å². The zero-order valence-corrected chi connectivity index (χ0v) is 15.2. The lowest BCUT2D eigenvalue weighted by Gasteiger charge is -2.17. The largest absolute Gasteiger partial charge is 0.465 e. The fourth-order valence-electron chi connectivity index (χ4n) is 3.15. The molecule has 0 unspecified atom stereocenters. The molecule has 0 aromatic heterocycles. The summed E-state index contributed by atoms with van der Waals surface area (Å²) in [6.07, 6.45) is 2.19. The first-order valence-electron chi connectivity index (χ1n) is 8.64. The van der Waals surface area contributed by atoms with Crippen LogP contribution in [0.3, 0.4) is 0 Å². The highest BCUT2D eigenvalue weighted by Crippen LogP contribution is 2.31. The lowest BCUT2D eigenvalue weighted by molar-refractivity contribution is -0.136. The first-order chi connectivity index (χ1) is 13.0. The van der Waals surface area contributed by atoms with E-state index >= 15 is 0 Å². The van der Waals surface area contributed by atoms with Crippen LogP contribution in [0.4, 0.5) is 4.39 Å². The Morgan fingerprint density at radius 1 is 1.15 bits per heavy atom. The smallest absolute Gasteiger partial charge is 0.340 e. The van der Waals surface area contributed by atoms with E-state index in [1.807, 2.05) is 30.3 Å². The molecule has 2 aromatic rings. The molecule has 0 N–H and O–H groups in total. The highest BCUT2D eigenvalue weighted by atomic mass is 19.1. The zero-order chi connectivity index (χ0) is 19.4. The lowest BCUT2D eigenvalue weighted by Crippen LogP contribution is -2.27. The number of carbonyl (C=O) groups is 2. The summed E-state index contributed by atoms with van der Waals surface area (Å²) in [6, 6.07) is 15.7. The molecule has 4 nitrogen and oxygen atoms in total. The molecule has 138 valence electrons. The number of carbonyl (C=O) groups excluding carboxylic acids is 2. The van der Waals surface area contributed by atoms with Gasteiger partial charge in [-0.25, -0.2) is 9.18 Å². The molecule has 0 spiro atoms. The average molecular weight is 365 g/mol. The molecule has 0 atom stereocenters. The molecule has 1 aliphatic rings. The molecular weight excluding hydrogens is 345 g/mol. The maximum Gasteiger partial charge on any atom is 0.340 e. The third-order valence-corrected chi connectivity index (χ3v) is 4.53. The lowest BCUT2D eigenvalue weighted by atomic mass is 10.0. The van der Waals surface area contributed by atoms with E-state index in [1.165, 1.54) is 25.3 Å². The van der Waals surface area contributed by atoms with Crippen molar-refractivity contribution in [2.24, 2.45) is 0 Å². The predicted molar refractivity (Wildman–Crippen MR) is 101 cm³/mol. The summed E-state index contributed by atoms with van der Waals surface area (Å²) in [5, 5.41) is 0. The average Bonchev–Trinajstić information content (AvgIpc) is 2.90. The van der Waals surface area contributed by atoms with E-state index in [-0.39, 0.29) is 17.1 Å². The Kier molecular flexibility index (Phi) is 5.50. The van der Waals surface area contributed by atoms with Gasteiger partial charge < -0.3 is 9.64 Å². The number of hydrogen-bond donors (Lipinski definition) is 0. The molecule has 2 aromatic carbocycles. The van der Waals surface area contributed by atoms with Gasteiger partial charge >= 0.3 is 5.97 Å². The number of methoxy groups -OCH3 is 1. The maximum atomic E-state index is 13.5. The van der Waals surface area contributed by atoms with Crippen LogP contribution in [0.1, 0.15) is 18.1 Å². The Morgan fingerprint density at radius 2 is 1.89 bits per heavy atom. The third-order valence-electron chi connectivity index (χ3n) is 4.53. The second kappa shape index (κ2) is 7.99. The van der Waals surface area contributed by atoms with Crippen molar-refractivity contribution in [3.63, 3.8) is 0 Å². The van der Waals surface area contributed by atoms with Crippen molar-refractivity contribution in [2.75, 3.05) is 13.7 Å². The molecule has 0 fully saturated rings. The highest BCUT2D eigenvalue weighted by Gasteiger charge is 2.36. The minimum atomic E-state index is -0.578. The van der Waals surface area contributed by atoms with Gasteiger partial charge in [0, 0.05) is 12.2 Å². The maximum absolute atomic E-state index is 13.5. The van der Waals surface area contributed by atoms with E-state index in [2.05, 4.69) is 0 Å². The van der Waals surface area contributed by atoms with Gasteiger partial charge in [0.05, 0.1) is 18.3 Å². The molecule has 5 heteroatoms. The summed E-state index contributed by atoms with van der Waals surface area (Å²) in [4.78, 5) is 26.8. The van der Waals surface area contributed by atoms with Crippen LogP contribution in [0.2, 0.25) is 0 Å². The first-order valence-corrected chi connectivity index (χ1v) is 8.64. The van der Waals surface area contributed by atoms with Crippen LogP contribution in [0.15, 0.2) is 71.4 Å². The van der Waals surface area contributed by atoms with Gasteiger partial charge in [0.15, 0.2) is 0 Å². The molecule has 1 heterocycles. The number of amides is 1. The van der Waals surface area contributed by atoms with E-state index in [0.717, 1.165) is 5.56 Å². The van der Waals surface area contributed by atoms with Crippen LogP contribution < -0.4 is 0 Å². The van der Waals surface area contributed by atoms with Crippen LogP contribution in [0.25, 0.3) is 6.08 Å². The zero-order valence-electron chi connectivity index (χ0n) is 15.2. The van der Waals surface area contributed by atoms with E-state index in [9.17, 15) is 14.0 Å². The van der Waals surface area contributed by atoms with Gasteiger partial charge in [-0.2, -0.15) is 0 Å². The van der Waals surface area contributed by atoms with E-state index in [0.29, 0.717) is 24.2 Å². The van der Waals surface area contributed by atoms with E-state index in [1.54, 1.807) is 24.0 Å². The topological polar surface area (TPSA) is 46.6 Å². The summed E-state index contributed by atoms with van der Waals surface area (Å²) < 4.78 is 18.4. The molecule has 0 saturated heterocycles. The van der Waals surface area contributed by atoms with Gasteiger partial charge in [0.1, 0.15) is 5.82 Å². The first kappa shape index (κ1) is 18.6. The minimum absolute atomic E-state index is 0.220. The summed E-state index contributed by atoms with van der Waals surface area (Å²) in [6.45, 7) is 2.16. The molecular formula is C22H20FNO3. The number of allylic oxidation sites excluding steroid dienone is 1. The Balaban J connectivity index is 1.94. The van der Waals surface area contributed by atoms with Crippen molar-refractivity contribution in [2.45, 2.75) is 13.3 Å². The van der Waals surface area contributed by atoms with Crippen molar-refractivity contribution in [1.29, 1.82) is 0 Å². The normalized spacial score (nSPS) is 15.6. The Bertz CT molecular complexity index is 932. The van der Waals surface area contributed by atoms with E-state index in [4.69, 9.17) is 4.74 Å². The summed E-state index contributed by atoms with van der Waals surface area (Å²) >= 11 is 0. The standard InChI is InChI=1S/C22H20FNO3/c1-15-20(22(26)27-2)19(14-17-9-6-10-18(23)13-17)21(25)24(15)12-11-16-7-4-3-5-8-16/h3-10,13-14H,11-12H2,1-2H3/b19-14-.